The van der Waals surface area contributed by atoms with Gasteiger partial charge >= 0.3 is 0 Å². The van der Waals surface area contributed by atoms with Gasteiger partial charge in [-0.05, 0) is 12.1 Å². The van der Waals surface area contributed by atoms with Crippen LogP contribution in [0.1, 0.15) is 5.69 Å². The van der Waals surface area contributed by atoms with E-state index in [4.69, 9.17) is 0 Å². The van der Waals surface area contributed by atoms with Gasteiger partial charge in [-0.1, -0.05) is 168 Å². The Morgan fingerprint density at radius 1 is 0.615 bits per heavy atom. The average Bonchev–Trinajstić information content (AvgIpc) is 2.62. The van der Waals surface area contributed by atoms with Crippen LogP contribution in [0.25, 0.3) is 10.9 Å². The minimum Gasteiger partial charge on any atom is -0.249 e. The molecule has 1 aliphatic rings. The van der Waals surface area contributed by atoms with Crippen molar-refractivity contribution in [2.45, 2.75) is 31.1 Å². The Balaban J connectivity index is 0.000000190. The molecule has 1 aliphatic carbocycles. The maximum atomic E-state index is 4.51. The summed E-state index contributed by atoms with van der Waals surface area (Å²) in [7, 11) is 0. The molecule has 26 heavy (non-hydrogen) atoms. The molecule has 3 rings (SSSR count). The van der Waals surface area contributed by atoms with E-state index in [2.05, 4.69) is 154 Å². The molecule has 0 saturated heterocycles. The summed E-state index contributed by atoms with van der Waals surface area (Å²) < 4.78 is -0.434. The summed E-state index contributed by atoms with van der Waals surface area (Å²) in [5.41, 5.74) is 1.89. The van der Waals surface area contributed by atoms with E-state index in [9.17, 15) is 0 Å². The Labute approximate surface area is 229 Å². The normalized spacial score (nSPS) is 32.0. The maximum absolute atomic E-state index is 4.51. The lowest BCUT2D eigenvalue weighted by atomic mass is 10.00. The van der Waals surface area contributed by atoms with E-state index >= 15 is 0 Å². The molecule has 1 aromatic heterocycles. The van der Waals surface area contributed by atoms with Crippen molar-refractivity contribution in [3.63, 3.8) is 0 Å². The third kappa shape index (κ3) is 6.47. The lowest BCUT2D eigenvalue weighted by molar-refractivity contribution is 0.612. The second-order valence-electron chi connectivity index (χ2n) is 5.55. The van der Waals surface area contributed by atoms with Crippen molar-refractivity contribution in [1.82, 2.24) is 4.98 Å². The highest BCUT2D eigenvalue weighted by molar-refractivity contribution is 9.38. The number of fused-ring (bicyclic) bond motifs is 1. The number of hydrogen-bond donors (Lipinski definition) is 0. The molecule has 0 atom stereocenters. The number of aromatic nitrogens is 1. The molecule has 1 saturated carbocycles. The Hall–Kier alpha value is 2.95. The first-order chi connectivity index (χ1) is 12.0. The molecule has 0 aliphatic heterocycles. The van der Waals surface area contributed by atoms with Gasteiger partial charge < -0.3 is 0 Å². The number of hydrogen-bond acceptors (Lipinski definition) is 1. The van der Waals surface area contributed by atoms with Crippen LogP contribution in [0.2, 0.25) is 0 Å². The lowest BCUT2D eigenvalue weighted by Crippen LogP contribution is -2.50. The van der Waals surface area contributed by atoms with Crippen LogP contribution in [0.3, 0.4) is 0 Å². The van der Waals surface area contributed by atoms with Gasteiger partial charge in [-0.3, -0.25) is 0 Å². The highest BCUT2D eigenvalue weighted by Crippen LogP contribution is 2.44. The van der Waals surface area contributed by atoms with Crippen LogP contribution in [0, 0.1) is 0 Å². The summed E-state index contributed by atoms with van der Waals surface area (Å²) in [4.78, 5) is 7.09. The number of pyridine rings is 1. The first kappa shape index (κ1) is 25.2. The molecule has 0 radical (unpaired) electrons. The van der Waals surface area contributed by atoms with E-state index < -0.39 is 2.14 Å². The first-order valence-electron chi connectivity index (χ1n) is 7.31. The molecule has 1 heterocycles. The van der Waals surface area contributed by atoms with Crippen LogP contribution in [0.15, 0.2) is 36.4 Å². The van der Waals surface area contributed by atoms with Crippen LogP contribution >= 0.6 is 143 Å². The molecular formula is C16H12Br9N. The van der Waals surface area contributed by atoms with Crippen molar-refractivity contribution in [2.75, 3.05) is 0 Å². The van der Waals surface area contributed by atoms with Crippen molar-refractivity contribution in [1.29, 1.82) is 0 Å². The fraction of sp³-hybridized carbons (Fsp3) is 0.438. The summed E-state index contributed by atoms with van der Waals surface area (Å²) in [6.45, 7) is 0. The second-order valence-corrected chi connectivity index (χ2v) is 18.7. The SMILES string of the molecule is BrC(Br)(Br)c1ccc2ccccc2n1.BrC1C(Br)C(Br)C(Br)C(Br)C1Br. The Morgan fingerprint density at radius 3 is 1.46 bits per heavy atom. The van der Waals surface area contributed by atoms with Gasteiger partial charge in [0.15, 0.2) is 2.14 Å². The highest BCUT2D eigenvalue weighted by Gasteiger charge is 2.45. The topological polar surface area (TPSA) is 12.9 Å². The van der Waals surface area contributed by atoms with Gasteiger partial charge in [-0.25, -0.2) is 4.98 Å². The highest BCUT2D eigenvalue weighted by atomic mass is 80.0. The Morgan fingerprint density at radius 2 is 1.04 bits per heavy atom. The van der Waals surface area contributed by atoms with Crippen molar-refractivity contribution in [3.8, 4) is 0 Å². The summed E-state index contributed by atoms with van der Waals surface area (Å²) in [5, 5.41) is 1.15. The number of nitrogens with zero attached hydrogens (tertiary/aromatic N) is 1. The van der Waals surface area contributed by atoms with E-state index in [1.807, 2.05) is 30.3 Å². The molecule has 0 amide bonds. The molecular weight excluding hydrogens is 925 g/mol. The number of alkyl halides is 9. The predicted molar refractivity (Wildman–Crippen MR) is 146 cm³/mol. The molecule has 144 valence electrons. The van der Waals surface area contributed by atoms with Gasteiger partial charge in [0.1, 0.15) is 0 Å². The van der Waals surface area contributed by atoms with E-state index in [0.29, 0.717) is 29.0 Å². The van der Waals surface area contributed by atoms with Crippen LogP contribution < -0.4 is 0 Å². The molecule has 0 bridgehead atoms. The minimum absolute atomic E-state index is 0.431. The minimum atomic E-state index is -0.434. The van der Waals surface area contributed by atoms with Gasteiger partial charge in [0, 0.05) is 34.3 Å². The molecule has 2 aromatic rings. The molecule has 1 aromatic carbocycles. The smallest absolute Gasteiger partial charge is 0.176 e. The third-order valence-corrected chi connectivity index (χ3v) is 16.0. The average molecular weight is 937 g/mol. The molecule has 1 nitrogen and oxygen atoms in total. The zero-order valence-corrected chi connectivity index (χ0v) is 27.1. The Bertz CT molecular complexity index is 676. The van der Waals surface area contributed by atoms with Crippen LogP contribution in [-0.2, 0) is 2.14 Å². The molecule has 0 unspecified atom stereocenters. The Kier molecular flexibility index (Phi) is 10.7. The van der Waals surface area contributed by atoms with Gasteiger partial charge in [0.2, 0.25) is 0 Å². The molecule has 10 heteroatoms. The number of para-hydroxylation sites is 1. The third-order valence-electron chi connectivity index (χ3n) is 3.71. The van der Waals surface area contributed by atoms with Crippen molar-refractivity contribution in [2.24, 2.45) is 0 Å². The predicted octanol–water partition coefficient (Wildman–Crippen LogP) is 9.11. The van der Waals surface area contributed by atoms with Crippen molar-refractivity contribution in [3.05, 3.63) is 42.1 Å². The monoisotopic (exact) mass is 928 g/mol. The maximum Gasteiger partial charge on any atom is 0.176 e. The van der Waals surface area contributed by atoms with Crippen molar-refractivity contribution >= 4 is 154 Å². The van der Waals surface area contributed by atoms with Crippen LogP contribution in [-0.4, -0.2) is 33.9 Å². The number of rotatable bonds is 0. The zero-order chi connectivity index (χ0) is 19.6. The van der Waals surface area contributed by atoms with Gasteiger partial charge in [0.05, 0.1) is 11.2 Å². The second kappa shape index (κ2) is 11.0. The first-order valence-corrected chi connectivity index (χ1v) is 15.2. The molecule has 0 spiro atoms. The largest absolute Gasteiger partial charge is 0.249 e. The van der Waals surface area contributed by atoms with E-state index in [1.54, 1.807) is 0 Å². The van der Waals surface area contributed by atoms with Crippen LogP contribution in [0.4, 0.5) is 0 Å². The molecule has 0 N–H and O–H groups in total. The summed E-state index contributed by atoms with van der Waals surface area (Å²) in [6.07, 6.45) is 0. The standard InChI is InChI=1S/C10H6Br3N.C6H6Br6/c11-10(12,13)9-6-5-7-3-1-2-4-8(7)14-9;7-1-2(8)4(10)6(12)5(11)3(1)9/h1-6H;1-6H. The zero-order valence-electron chi connectivity index (χ0n) is 12.8. The van der Waals surface area contributed by atoms with Gasteiger partial charge in [-0.2, -0.15) is 0 Å². The van der Waals surface area contributed by atoms with Crippen molar-refractivity contribution < 1.29 is 0 Å². The van der Waals surface area contributed by atoms with Gasteiger partial charge in [0.25, 0.3) is 0 Å². The summed E-state index contributed by atoms with van der Waals surface area (Å²) >= 11 is 32.2. The molecule has 1 fully saturated rings. The van der Waals surface area contributed by atoms with Crippen LogP contribution in [0.5, 0.6) is 0 Å². The summed E-state index contributed by atoms with van der Waals surface area (Å²) in [6, 6.07) is 12.1. The number of benzene rings is 1. The fourth-order valence-electron chi connectivity index (χ4n) is 2.28. The summed E-state index contributed by atoms with van der Waals surface area (Å²) in [5.74, 6) is 0. The van der Waals surface area contributed by atoms with Gasteiger partial charge in [-0.15, -0.1) is 0 Å². The van der Waals surface area contributed by atoms with E-state index in [-0.39, 0.29) is 0 Å². The number of halogens is 9. The lowest BCUT2D eigenvalue weighted by Gasteiger charge is -2.39. The fourth-order valence-corrected chi connectivity index (χ4v) is 9.34. The van der Waals surface area contributed by atoms with E-state index in [0.717, 1.165) is 16.6 Å². The quantitative estimate of drug-likeness (QED) is 0.241. The van der Waals surface area contributed by atoms with E-state index in [1.165, 1.54) is 0 Å².